The SMILES string of the molecule is CC[C@H](NC(=S)Nc1ccc(Br)c(Cl)c1)c1ccc(C)cc1C. The number of benzene rings is 2. The smallest absolute Gasteiger partial charge is 0.171 e. The van der Waals surface area contributed by atoms with Gasteiger partial charge in [0.25, 0.3) is 0 Å². The first kappa shape index (κ1) is 18.2. The Kier molecular flexibility index (Phi) is 6.45. The number of hydrogen-bond donors (Lipinski definition) is 2. The molecular weight excluding hydrogens is 392 g/mol. The highest BCUT2D eigenvalue weighted by atomic mass is 79.9. The Morgan fingerprint density at radius 3 is 2.57 bits per heavy atom. The minimum absolute atomic E-state index is 0.182. The molecule has 1 atom stereocenters. The molecule has 23 heavy (non-hydrogen) atoms. The number of anilines is 1. The molecule has 0 bridgehead atoms. The van der Waals surface area contributed by atoms with Gasteiger partial charge < -0.3 is 10.6 Å². The van der Waals surface area contributed by atoms with E-state index in [1.165, 1.54) is 16.7 Å². The van der Waals surface area contributed by atoms with Crippen LogP contribution in [0.25, 0.3) is 0 Å². The third-order valence-electron chi connectivity index (χ3n) is 3.69. The van der Waals surface area contributed by atoms with Gasteiger partial charge in [-0.3, -0.25) is 0 Å². The van der Waals surface area contributed by atoms with Crippen LogP contribution in [-0.2, 0) is 0 Å². The highest BCUT2D eigenvalue weighted by Crippen LogP contribution is 2.26. The second-order valence-electron chi connectivity index (χ2n) is 5.55. The largest absolute Gasteiger partial charge is 0.356 e. The quantitative estimate of drug-likeness (QED) is 0.589. The summed E-state index contributed by atoms with van der Waals surface area (Å²) in [5.74, 6) is 0. The van der Waals surface area contributed by atoms with E-state index in [1.807, 2.05) is 18.2 Å². The molecule has 5 heteroatoms. The molecule has 0 fully saturated rings. The van der Waals surface area contributed by atoms with Gasteiger partial charge in [-0.15, -0.1) is 0 Å². The first-order valence-corrected chi connectivity index (χ1v) is 9.08. The molecule has 0 aliphatic carbocycles. The predicted molar refractivity (Wildman–Crippen MR) is 107 cm³/mol. The molecule has 2 N–H and O–H groups in total. The van der Waals surface area contributed by atoms with Crippen molar-refractivity contribution in [2.75, 3.05) is 5.32 Å². The Morgan fingerprint density at radius 1 is 1.22 bits per heavy atom. The zero-order valence-electron chi connectivity index (χ0n) is 13.4. The number of nitrogens with one attached hydrogen (secondary N) is 2. The van der Waals surface area contributed by atoms with Gasteiger partial charge in [0.1, 0.15) is 0 Å². The molecular formula is C18H20BrClN2S. The Bertz CT molecular complexity index is 718. The van der Waals surface area contributed by atoms with Gasteiger partial charge in [-0.25, -0.2) is 0 Å². The molecule has 122 valence electrons. The maximum atomic E-state index is 6.11. The van der Waals surface area contributed by atoms with E-state index in [0.717, 1.165) is 16.6 Å². The summed E-state index contributed by atoms with van der Waals surface area (Å²) < 4.78 is 0.866. The fraction of sp³-hybridized carbons (Fsp3) is 0.278. The van der Waals surface area contributed by atoms with Crippen molar-refractivity contribution >= 4 is 50.5 Å². The summed E-state index contributed by atoms with van der Waals surface area (Å²) in [6.07, 6.45) is 0.951. The van der Waals surface area contributed by atoms with Gasteiger partial charge in [-0.2, -0.15) is 0 Å². The van der Waals surface area contributed by atoms with Crippen LogP contribution >= 0.6 is 39.7 Å². The molecule has 0 aliphatic rings. The fourth-order valence-corrected chi connectivity index (χ4v) is 3.20. The minimum Gasteiger partial charge on any atom is -0.356 e. The molecule has 0 heterocycles. The molecule has 0 radical (unpaired) electrons. The lowest BCUT2D eigenvalue weighted by Crippen LogP contribution is -2.32. The molecule has 0 saturated carbocycles. The molecule has 2 rings (SSSR count). The summed E-state index contributed by atoms with van der Waals surface area (Å²) in [5.41, 5.74) is 4.69. The molecule has 0 saturated heterocycles. The molecule has 0 spiro atoms. The maximum Gasteiger partial charge on any atom is 0.171 e. The topological polar surface area (TPSA) is 24.1 Å². The van der Waals surface area contributed by atoms with E-state index in [4.69, 9.17) is 23.8 Å². The number of halogens is 2. The van der Waals surface area contributed by atoms with Gasteiger partial charge in [-0.05, 0) is 77.7 Å². The highest BCUT2D eigenvalue weighted by molar-refractivity contribution is 9.10. The number of aryl methyl sites for hydroxylation is 2. The van der Waals surface area contributed by atoms with E-state index in [0.29, 0.717) is 10.1 Å². The van der Waals surface area contributed by atoms with E-state index in [2.05, 4.69) is 65.5 Å². The summed E-state index contributed by atoms with van der Waals surface area (Å²) in [4.78, 5) is 0. The van der Waals surface area contributed by atoms with E-state index in [1.54, 1.807) is 0 Å². The van der Waals surface area contributed by atoms with Crippen LogP contribution in [0.5, 0.6) is 0 Å². The van der Waals surface area contributed by atoms with E-state index in [-0.39, 0.29) is 6.04 Å². The molecule has 0 aromatic heterocycles. The summed E-state index contributed by atoms with van der Waals surface area (Å²) in [6.45, 7) is 6.39. The zero-order chi connectivity index (χ0) is 17.0. The van der Waals surface area contributed by atoms with Gasteiger partial charge in [0.15, 0.2) is 5.11 Å². The van der Waals surface area contributed by atoms with E-state index >= 15 is 0 Å². The monoisotopic (exact) mass is 410 g/mol. The lowest BCUT2D eigenvalue weighted by atomic mass is 9.98. The number of thiocarbonyl (C=S) groups is 1. The third kappa shape index (κ3) is 4.93. The number of rotatable bonds is 4. The van der Waals surface area contributed by atoms with Crippen molar-refractivity contribution in [3.63, 3.8) is 0 Å². The second kappa shape index (κ2) is 8.13. The molecule has 2 nitrogen and oxygen atoms in total. The molecule has 0 unspecified atom stereocenters. The Balaban J connectivity index is 2.08. The van der Waals surface area contributed by atoms with Gasteiger partial charge >= 0.3 is 0 Å². The first-order valence-electron chi connectivity index (χ1n) is 7.50. The molecule has 2 aromatic rings. The standard InChI is InChI=1S/C18H20BrClN2S/c1-4-17(14-7-5-11(2)9-12(14)3)22-18(23)21-13-6-8-15(19)16(20)10-13/h5-10,17H,4H2,1-3H3,(H2,21,22,23)/t17-/m0/s1. The third-order valence-corrected chi connectivity index (χ3v) is 5.14. The van der Waals surface area contributed by atoms with Crippen LogP contribution < -0.4 is 10.6 Å². The minimum atomic E-state index is 0.182. The molecule has 2 aromatic carbocycles. The van der Waals surface area contributed by atoms with Crippen molar-refractivity contribution in [2.24, 2.45) is 0 Å². The average molecular weight is 412 g/mol. The second-order valence-corrected chi connectivity index (χ2v) is 7.22. The van der Waals surface area contributed by atoms with E-state index < -0.39 is 0 Å². The summed E-state index contributed by atoms with van der Waals surface area (Å²) >= 11 is 14.9. The molecule has 0 amide bonds. The van der Waals surface area contributed by atoms with Crippen molar-refractivity contribution in [1.29, 1.82) is 0 Å². The summed E-state index contributed by atoms with van der Waals surface area (Å²) in [5, 5.41) is 7.83. The Hall–Kier alpha value is -1.10. The summed E-state index contributed by atoms with van der Waals surface area (Å²) in [7, 11) is 0. The predicted octanol–water partition coefficient (Wildman–Crippen LogP) is 6.16. The van der Waals surface area contributed by atoms with Crippen molar-refractivity contribution in [3.05, 3.63) is 62.6 Å². The van der Waals surface area contributed by atoms with Crippen LogP contribution in [0.2, 0.25) is 5.02 Å². The van der Waals surface area contributed by atoms with Gasteiger partial charge in [0, 0.05) is 10.2 Å². The lowest BCUT2D eigenvalue weighted by molar-refractivity contribution is 0.625. The fourth-order valence-electron chi connectivity index (χ4n) is 2.52. The van der Waals surface area contributed by atoms with Gasteiger partial charge in [-0.1, -0.05) is 42.3 Å². The molecule has 0 aliphatic heterocycles. The van der Waals surface area contributed by atoms with Crippen LogP contribution in [0.3, 0.4) is 0 Å². The van der Waals surface area contributed by atoms with Gasteiger partial charge in [0.2, 0.25) is 0 Å². The van der Waals surface area contributed by atoms with E-state index in [9.17, 15) is 0 Å². The Labute approximate surface area is 156 Å². The van der Waals surface area contributed by atoms with Crippen molar-refractivity contribution in [2.45, 2.75) is 33.2 Å². The van der Waals surface area contributed by atoms with Gasteiger partial charge in [0.05, 0.1) is 11.1 Å². The van der Waals surface area contributed by atoms with Crippen molar-refractivity contribution < 1.29 is 0 Å². The van der Waals surface area contributed by atoms with Crippen molar-refractivity contribution in [1.82, 2.24) is 5.32 Å². The van der Waals surface area contributed by atoms with Crippen LogP contribution in [0.1, 0.15) is 36.1 Å². The van der Waals surface area contributed by atoms with Crippen molar-refractivity contribution in [3.8, 4) is 0 Å². The van der Waals surface area contributed by atoms with Crippen LogP contribution in [-0.4, -0.2) is 5.11 Å². The normalized spacial score (nSPS) is 11.9. The average Bonchev–Trinajstić information content (AvgIpc) is 2.49. The van der Waals surface area contributed by atoms with Crippen LogP contribution in [0, 0.1) is 13.8 Å². The number of hydrogen-bond acceptors (Lipinski definition) is 1. The van der Waals surface area contributed by atoms with Crippen LogP contribution in [0.15, 0.2) is 40.9 Å². The van der Waals surface area contributed by atoms with Crippen LogP contribution in [0.4, 0.5) is 5.69 Å². The maximum absolute atomic E-state index is 6.11. The Morgan fingerprint density at radius 2 is 1.96 bits per heavy atom. The highest BCUT2D eigenvalue weighted by Gasteiger charge is 2.13. The lowest BCUT2D eigenvalue weighted by Gasteiger charge is -2.22. The summed E-state index contributed by atoms with van der Waals surface area (Å²) in [6, 6.07) is 12.4. The first-order chi connectivity index (χ1) is 10.9. The zero-order valence-corrected chi connectivity index (χ0v) is 16.6.